The third kappa shape index (κ3) is 4.51. The number of carbonyl (C=O) groups excluding carboxylic acids is 2. The predicted molar refractivity (Wildman–Crippen MR) is 127 cm³/mol. The van der Waals surface area contributed by atoms with Gasteiger partial charge in [0.1, 0.15) is 0 Å². The highest BCUT2D eigenvalue weighted by Gasteiger charge is 2.43. The number of aromatic nitrogens is 2. The Kier molecular flexibility index (Phi) is 6.27. The van der Waals surface area contributed by atoms with Gasteiger partial charge < -0.3 is 19.4 Å². The topological polar surface area (TPSA) is 110 Å². The summed E-state index contributed by atoms with van der Waals surface area (Å²) in [6, 6.07) is 17.2. The molecule has 0 atom stereocenters. The van der Waals surface area contributed by atoms with Crippen molar-refractivity contribution in [2.75, 3.05) is 41.8 Å². The van der Waals surface area contributed by atoms with Gasteiger partial charge in [0.15, 0.2) is 0 Å². The second kappa shape index (κ2) is 9.64. The number of nitrogens with one attached hydrogen (secondary N) is 2. The summed E-state index contributed by atoms with van der Waals surface area (Å²) >= 11 is 0. The van der Waals surface area contributed by atoms with E-state index in [9.17, 15) is 9.59 Å². The Balaban J connectivity index is 1.23. The fraction of sp³-hybridized carbons (Fsp3) is 0.360. The predicted octanol–water partition coefficient (Wildman–Crippen LogP) is 3.61. The van der Waals surface area contributed by atoms with Crippen LogP contribution in [0.5, 0.6) is 0 Å². The number of hydrogen-bond donors (Lipinski definition) is 2. The van der Waals surface area contributed by atoms with Crippen molar-refractivity contribution in [1.82, 2.24) is 10.2 Å². The first-order chi connectivity index (χ1) is 16.6. The lowest BCUT2D eigenvalue weighted by atomic mass is 9.78. The smallest absolute Gasteiger partial charge is 0.322 e. The number of benzene rings is 2. The maximum Gasteiger partial charge on any atom is 0.322 e. The van der Waals surface area contributed by atoms with Gasteiger partial charge in [-0.05, 0) is 42.7 Å². The molecule has 9 heteroatoms. The van der Waals surface area contributed by atoms with Crippen molar-refractivity contribution in [3.05, 3.63) is 66.1 Å². The van der Waals surface area contributed by atoms with Crippen LogP contribution in [0.25, 0.3) is 0 Å². The van der Waals surface area contributed by atoms with Crippen molar-refractivity contribution < 1.29 is 18.7 Å². The summed E-state index contributed by atoms with van der Waals surface area (Å²) in [5, 5.41) is 13.2. The SMILES string of the molecule is O=C(Nc1ccc(N2CCOCC2)cc1)c1nnc(NC(=O)C2(c3ccccc3)CCCC2)o1. The molecule has 1 aliphatic carbocycles. The Morgan fingerprint density at radius 3 is 2.29 bits per heavy atom. The highest BCUT2D eigenvalue weighted by Crippen LogP contribution is 2.42. The summed E-state index contributed by atoms with van der Waals surface area (Å²) < 4.78 is 10.8. The van der Waals surface area contributed by atoms with E-state index in [-0.39, 0.29) is 17.8 Å². The average molecular weight is 462 g/mol. The lowest BCUT2D eigenvalue weighted by Crippen LogP contribution is -2.38. The van der Waals surface area contributed by atoms with Crippen molar-refractivity contribution in [3.63, 3.8) is 0 Å². The summed E-state index contributed by atoms with van der Waals surface area (Å²) in [6.07, 6.45) is 3.46. The van der Waals surface area contributed by atoms with Crippen LogP contribution >= 0.6 is 0 Å². The standard InChI is InChI=1S/C25H27N5O4/c31-21(26-19-8-10-20(11-9-19)30-14-16-33-17-15-30)22-28-29-24(34-22)27-23(32)25(12-4-5-13-25)18-6-2-1-3-7-18/h1-3,6-11H,4-5,12-17H2,(H,26,31)(H,27,29,32). The molecule has 0 bridgehead atoms. The van der Waals surface area contributed by atoms with E-state index in [1.54, 1.807) is 0 Å². The lowest BCUT2D eigenvalue weighted by molar-refractivity contribution is -0.121. The van der Waals surface area contributed by atoms with Gasteiger partial charge in [0, 0.05) is 24.5 Å². The molecule has 0 radical (unpaired) electrons. The minimum Gasteiger partial charge on any atom is -0.399 e. The van der Waals surface area contributed by atoms with Crippen LogP contribution in [0.15, 0.2) is 59.0 Å². The van der Waals surface area contributed by atoms with Crippen molar-refractivity contribution in [3.8, 4) is 0 Å². The number of hydrogen-bond acceptors (Lipinski definition) is 7. The van der Waals surface area contributed by atoms with Crippen LogP contribution in [-0.2, 0) is 14.9 Å². The fourth-order valence-electron chi connectivity index (χ4n) is 4.73. The van der Waals surface area contributed by atoms with Crippen molar-refractivity contribution in [2.45, 2.75) is 31.1 Å². The zero-order valence-electron chi connectivity index (χ0n) is 18.8. The zero-order chi connectivity index (χ0) is 23.4. The van der Waals surface area contributed by atoms with Crippen molar-refractivity contribution >= 4 is 29.2 Å². The maximum absolute atomic E-state index is 13.2. The minimum absolute atomic E-state index is 0.0833. The van der Waals surface area contributed by atoms with Gasteiger partial charge >= 0.3 is 17.8 Å². The highest BCUT2D eigenvalue weighted by molar-refractivity contribution is 6.01. The van der Waals surface area contributed by atoms with Crippen LogP contribution in [0, 0.1) is 0 Å². The van der Waals surface area contributed by atoms with Gasteiger partial charge in [-0.1, -0.05) is 48.3 Å². The van der Waals surface area contributed by atoms with E-state index >= 15 is 0 Å². The monoisotopic (exact) mass is 461 g/mol. The van der Waals surface area contributed by atoms with Gasteiger partial charge in [-0.15, -0.1) is 5.10 Å². The molecule has 176 valence electrons. The molecule has 0 unspecified atom stereocenters. The lowest BCUT2D eigenvalue weighted by Gasteiger charge is -2.28. The van der Waals surface area contributed by atoms with Gasteiger partial charge in [0.05, 0.1) is 18.6 Å². The molecule has 3 aromatic rings. The molecule has 1 aliphatic heterocycles. The second-order valence-electron chi connectivity index (χ2n) is 8.62. The van der Waals surface area contributed by atoms with Gasteiger partial charge in [0.2, 0.25) is 5.91 Å². The van der Waals surface area contributed by atoms with E-state index in [1.165, 1.54) is 0 Å². The largest absolute Gasteiger partial charge is 0.399 e. The normalized spacial score (nSPS) is 17.4. The average Bonchev–Trinajstić information content (AvgIpc) is 3.57. The number of morpholine rings is 1. The molecule has 5 rings (SSSR count). The van der Waals surface area contributed by atoms with E-state index < -0.39 is 11.3 Å². The zero-order valence-corrected chi connectivity index (χ0v) is 18.8. The summed E-state index contributed by atoms with van der Waals surface area (Å²) in [5.74, 6) is -0.941. The third-order valence-electron chi connectivity index (χ3n) is 6.56. The summed E-state index contributed by atoms with van der Waals surface area (Å²) in [5.41, 5.74) is 2.03. The third-order valence-corrected chi connectivity index (χ3v) is 6.56. The molecule has 1 saturated carbocycles. The van der Waals surface area contributed by atoms with Crippen LogP contribution < -0.4 is 15.5 Å². The molecule has 1 aromatic heterocycles. The Bertz CT molecular complexity index is 1130. The van der Waals surface area contributed by atoms with Crippen molar-refractivity contribution in [2.24, 2.45) is 0 Å². The Labute approximate surface area is 197 Å². The van der Waals surface area contributed by atoms with E-state index in [4.69, 9.17) is 9.15 Å². The first-order valence-electron chi connectivity index (χ1n) is 11.6. The molecule has 2 N–H and O–H groups in total. The molecule has 1 saturated heterocycles. The molecule has 34 heavy (non-hydrogen) atoms. The first kappa shape index (κ1) is 22.1. The fourth-order valence-corrected chi connectivity index (χ4v) is 4.73. The number of carbonyl (C=O) groups is 2. The van der Waals surface area contributed by atoms with E-state index in [1.807, 2.05) is 54.6 Å². The Morgan fingerprint density at radius 2 is 1.59 bits per heavy atom. The van der Waals surface area contributed by atoms with Crippen molar-refractivity contribution in [1.29, 1.82) is 0 Å². The quantitative estimate of drug-likeness (QED) is 0.577. The van der Waals surface area contributed by atoms with E-state index in [0.717, 1.165) is 50.0 Å². The van der Waals surface area contributed by atoms with Crippen LogP contribution in [0.2, 0.25) is 0 Å². The van der Waals surface area contributed by atoms with Gasteiger partial charge in [-0.3, -0.25) is 14.9 Å². The molecule has 2 aliphatic rings. The molecule has 2 fully saturated rings. The first-order valence-corrected chi connectivity index (χ1v) is 11.6. The maximum atomic E-state index is 13.2. The second-order valence-corrected chi connectivity index (χ2v) is 8.62. The van der Waals surface area contributed by atoms with Gasteiger partial charge in [-0.25, -0.2) is 0 Å². The van der Waals surface area contributed by atoms with Gasteiger partial charge in [0.25, 0.3) is 0 Å². The molecule has 9 nitrogen and oxygen atoms in total. The Hall–Kier alpha value is -3.72. The van der Waals surface area contributed by atoms with Crippen LogP contribution in [0.1, 0.15) is 41.9 Å². The van der Waals surface area contributed by atoms with Crippen LogP contribution in [-0.4, -0.2) is 48.3 Å². The molecular formula is C25H27N5O4. The molecule has 0 spiro atoms. The molecule has 2 heterocycles. The number of anilines is 3. The molecular weight excluding hydrogens is 434 g/mol. The van der Waals surface area contributed by atoms with E-state index in [0.29, 0.717) is 18.9 Å². The summed E-state index contributed by atoms with van der Waals surface area (Å²) in [6.45, 7) is 3.10. The van der Waals surface area contributed by atoms with Crippen LogP contribution in [0.3, 0.4) is 0 Å². The number of nitrogens with zero attached hydrogens (tertiary/aromatic N) is 3. The number of ether oxygens (including phenoxy) is 1. The van der Waals surface area contributed by atoms with Gasteiger partial charge in [-0.2, -0.15) is 0 Å². The number of rotatable bonds is 6. The van der Waals surface area contributed by atoms with E-state index in [2.05, 4.69) is 25.7 Å². The minimum atomic E-state index is -0.625. The summed E-state index contributed by atoms with van der Waals surface area (Å²) in [7, 11) is 0. The molecule has 2 aromatic carbocycles. The summed E-state index contributed by atoms with van der Waals surface area (Å²) in [4.78, 5) is 28.0. The molecule has 2 amide bonds. The highest BCUT2D eigenvalue weighted by atomic mass is 16.5. The Morgan fingerprint density at radius 1 is 0.882 bits per heavy atom. The number of amides is 2. The van der Waals surface area contributed by atoms with Crippen LogP contribution in [0.4, 0.5) is 17.4 Å².